The Balaban J connectivity index is 2.14. The highest BCUT2D eigenvalue weighted by Gasteiger charge is 2.28. The van der Waals surface area contributed by atoms with E-state index in [1.165, 1.54) is 12.8 Å². The second-order valence-corrected chi connectivity index (χ2v) is 6.91. The van der Waals surface area contributed by atoms with Gasteiger partial charge in [0.1, 0.15) is 0 Å². The van der Waals surface area contributed by atoms with Crippen LogP contribution in [0.4, 0.5) is 4.79 Å². The quantitative estimate of drug-likeness (QED) is 0.716. The van der Waals surface area contributed by atoms with Crippen LogP contribution in [0.3, 0.4) is 0 Å². The minimum atomic E-state index is -0.517. The number of amides is 3. The number of hydrogen-bond donors (Lipinski definition) is 2. The maximum atomic E-state index is 12.6. The smallest absolute Gasteiger partial charge is 0.321 e. The molecule has 6 heteroatoms. The fourth-order valence-corrected chi connectivity index (χ4v) is 3.42. The molecule has 0 aromatic heterocycles. The van der Waals surface area contributed by atoms with Crippen LogP contribution in [0.25, 0.3) is 0 Å². The van der Waals surface area contributed by atoms with Crippen molar-refractivity contribution in [2.75, 3.05) is 6.54 Å². The van der Waals surface area contributed by atoms with Gasteiger partial charge in [-0.05, 0) is 30.0 Å². The van der Waals surface area contributed by atoms with Crippen molar-refractivity contribution in [2.24, 2.45) is 5.92 Å². The van der Waals surface area contributed by atoms with Gasteiger partial charge in [-0.25, -0.2) is 4.79 Å². The Kier molecular flexibility index (Phi) is 7.13. The highest BCUT2D eigenvalue weighted by atomic mass is 35.5. The Morgan fingerprint density at radius 2 is 1.96 bits per heavy atom. The first-order valence-corrected chi connectivity index (χ1v) is 8.91. The summed E-state index contributed by atoms with van der Waals surface area (Å²) in [5.41, 5.74) is 0.783. The Bertz CT molecular complexity index is 613. The van der Waals surface area contributed by atoms with E-state index in [0.29, 0.717) is 28.9 Å². The third-order valence-electron chi connectivity index (χ3n) is 4.35. The summed E-state index contributed by atoms with van der Waals surface area (Å²) >= 11 is 12.1. The first-order valence-electron chi connectivity index (χ1n) is 8.15. The summed E-state index contributed by atoms with van der Waals surface area (Å²) in [6.07, 6.45) is 6.89. The van der Waals surface area contributed by atoms with Crippen molar-refractivity contribution >= 4 is 35.1 Å². The van der Waals surface area contributed by atoms with E-state index in [-0.39, 0.29) is 5.91 Å². The molecule has 4 nitrogen and oxygen atoms in total. The van der Waals surface area contributed by atoms with E-state index in [2.05, 4.69) is 17.2 Å². The van der Waals surface area contributed by atoms with Crippen LogP contribution >= 0.6 is 23.2 Å². The number of carbonyl (C=O) groups excluding carboxylic acids is 2. The summed E-state index contributed by atoms with van der Waals surface area (Å²) in [5, 5.41) is 5.82. The molecule has 0 saturated heterocycles. The lowest BCUT2D eigenvalue weighted by molar-refractivity contribution is -0.121. The molecular formula is C18H22Cl2N2O2. The zero-order chi connectivity index (χ0) is 17.5. The predicted octanol–water partition coefficient (Wildman–Crippen LogP) is 4.67. The summed E-state index contributed by atoms with van der Waals surface area (Å²) in [5.74, 6) is -0.245. The van der Waals surface area contributed by atoms with Gasteiger partial charge in [0.05, 0.1) is 16.0 Å². The molecule has 3 amide bonds. The van der Waals surface area contributed by atoms with Crippen molar-refractivity contribution < 1.29 is 9.59 Å². The lowest BCUT2D eigenvalue weighted by atomic mass is 9.87. The zero-order valence-corrected chi connectivity index (χ0v) is 15.0. The third kappa shape index (κ3) is 5.25. The molecule has 0 aliphatic heterocycles. The molecule has 1 aliphatic carbocycles. The van der Waals surface area contributed by atoms with E-state index >= 15 is 0 Å². The Morgan fingerprint density at radius 1 is 1.25 bits per heavy atom. The van der Waals surface area contributed by atoms with Crippen molar-refractivity contribution in [1.82, 2.24) is 10.6 Å². The summed E-state index contributed by atoms with van der Waals surface area (Å²) in [7, 11) is 0. The molecule has 1 aromatic rings. The van der Waals surface area contributed by atoms with Crippen LogP contribution in [0, 0.1) is 5.92 Å². The number of nitrogens with one attached hydrogen (secondary N) is 2. The minimum Gasteiger partial charge on any atom is -0.334 e. The summed E-state index contributed by atoms with van der Waals surface area (Å²) < 4.78 is 0. The molecule has 0 spiro atoms. The van der Waals surface area contributed by atoms with Gasteiger partial charge in [-0.15, -0.1) is 6.58 Å². The normalized spacial score (nSPS) is 15.8. The van der Waals surface area contributed by atoms with Gasteiger partial charge in [-0.2, -0.15) is 0 Å². The zero-order valence-electron chi connectivity index (χ0n) is 13.5. The number of urea groups is 1. The van der Waals surface area contributed by atoms with Crippen LogP contribution in [0.1, 0.15) is 43.6 Å². The molecule has 0 bridgehead atoms. The number of benzene rings is 1. The SMILES string of the molecule is C=CCNC(=O)NC(=O)[C@H](CC1CCCC1)c1ccc(Cl)c(Cl)c1. The fourth-order valence-electron chi connectivity index (χ4n) is 3.11. The Labute approximate surface area is 152 Å². The molecule has 1 atom stereocenters. The number of carbonyl (C=O) groups is 2. The van der Waals surface area contributed by atoms with Crippen LogP contribution < -0.4 is 10.6 Å². The van der Waals surface area contributed by atoms with Gasteiger partial charge < -0.3 is 5.32 Å². The highest BCUT2D eigenvalue weighted by Crippen LogP contribution is 2.36. The van der Waals surface area contributed by atoms with Crippen molar-refractivity contribution in [3.05, 3.63) is 46.5 Å². The van der Waals surface area contributed by atoms with Gasteiger partial charge in [-0.1, -0.05) is 61.0 Å². The molecule has 1 aliphatic rings. The van der Waals surface area contributed by atoms with E-state index in [0.717, 1.165) is 18.4 Å². The van der Waals surface area contributed by atoms with Crippen LogP contribution in [-0.4, -0.2) is 18.5 Å². The van der Waals surface area contributed by atoms with Crippen LogP contribution in [0.2, 0.25) is 10.0 Å². The van der Waals surface area contributed by atoms with E-state index in [4.69, 9.17) is 23.2 Å². The van der Waals surface area contributed by atoms with Crippen LogP contribution in [0.5, 0.6) is 0 Å². The molecule has 2 N–H and O–H groups in total. The number of rotatable bonds is 6. The molecule has 24 heavy (non-hydrogen) atoms. The van der Waals surface area contributed by atoms with E-state index < -0.39 is 11.9 Å². The molecule has 2 rings (SSSR count). The van der Waals surface area contributed by atoms with Gasteiger partial charge in [0.2, 0.25) is 5.91 Å². The second-order valence-electron chi connectivity index (χ2n) is 6.10. The van der Waals surface area contributed by atoms with E-state index in [1.807, 2.05) is 0 Å². The van der Waals surface area contributed by atoms with Crippen LogP contribution in [-0.2, 0) is 4.79 Å². The monoisotopic (exact) mass is 368 g/mol. The summed E-state index contributed by atoms with van der Waals surface area (Å²) in [6.45, 7) is 3.83. The van der Waals surface area contributed by atoms with E-state index in [9.17, 15) is 9.59 Å². The third-order valence-corrected chi connectivity index (χ3v) is 5.09. The van der Waals surface area contributed by atoms with Crippen molar-refractivity contribution in [3.8, 4) is 0 Å². The molecule has 0 heterocycles. The highest BCUT2D eigenvalue weighted by molar-refractivity contribution is 6.42. The van der Waals surface area contributed by atoms with Gasteiger partial charge in [-0.3, -0.25) is 10.1 Å². The minimum absolute atomic E-state index is 0.305. The van der Waals surface area contributed by atoms with E-state index in [1.54, 1.807) is 24.3 Å². The molecule has 1 aromatic carbocycles. The topological polar surface area (TPSA) is 58.2 Å². The average molecular weight is 369 g/mol. The predicted molar refractivity (Wildman–Crippen MR) is 97.5 cm³/mol. The van der Waals surface area contributed by atoms with Crippen LogP contribution in [0.15, 0.2) is 30.9 Å². The number of hydrogen-bond acceptors (Lipinski definition) is 2. The van der Waals surface area contributed by atoms with Crippen molar-refractivity contribution in [3.63, 3.8) is 0 Å². The Hall–Kier alpha value is -1.52. The lowest BCUT2D eigenvalue weighted by Gasteiger charge is -2.20. The largest absolute Gasteiger partial charge is 0.334 e. The van der Waals surface area contributed by atoms with Crippen molar-refractivity contribution in [1.29, 1.82) is 0 Å². The first-order chi connectivity index (χ1) is 11.5. The van der Waals surface area contributed by atoms with Crippen molar-refractivity contribution in [2.45, 2.75) is 38.0 Å². The maximum Gasteiger partial charge on any atom is 0.321 e. The van der Waals surface area contributed by atoms with Gasteiger partial charge >= 0.3 is 6.03 Å². The first kappa shape index (κ1) is 18.8. The average Bonchev–Trinajstić information content (AvgIpc) is 3.06. The molecule has 1 saturated carbocycles. The molecule has 0 unspecified atom stereocenters. The second kappa shape index (κ2) is 9.09. The maximum absolute atomic E-state index is 12.6. The molecular weight excluding hydrogens is 347 g/mol. The van der Waals surface area contributed by atoms with Gasteiger partial charge in [0.15, 0.2) is 0 Å². The number of imide groups is 1. The van der Waals surface area contributed by atoms with Gasteiger partial charge in [0.25, 0.3) is 0 Å². The summed E-state index contributed by atoms with van der Waals surface area (Å²) in [4.78, 5) is 24.4. The Morgan fingerprint density at radius 3 is 2.58 bits per heavy atom. The fraction of sp³-hybridized carbons (Fsp3) is 0.444. The lowest BCUT2D eigenvalue weighted by Crippen LogP contribution is -2.42. The van der Waals surface area contributed by atoms with Gasteiger partial charge in [0, 0.05) is 6.54 Å². The number of halogens is 2. The molecule has 1 fully saturated rings. The molecule has 0 radical (unpaired) electrons. The summed E-state index contributed by atoms with van der Waals surface area (Å²) in [6, 6.07) is 4.68. The molecule has 130 valence electrons. The standard InChI is InChI=1S/C18H22Cl2N2O2/c1-2-9-21-18(24)22-17(23)14(10-12-5-3-4-6-12)13-7-8-15(19)16(20)11-13/h2,7-8,11-12,14H,1,3-6,9-10H2,(H2,21,22,23,24)/t14-/m1/s1.